The Balaban J connectivity index is 1.92. The van der Waals surface area contributed by atoms with Gasteiger partial charge in [-0.2, -0.15) is 0 Å². The van der Waals surface area contributed by atoms with E-state index in [1.165, 1.54) is 5.56 Å². The second kappa shape index (κ2) is 8.94. The highest BCUT2D eigenvalue weighted by molar-refractivity contribution is 5.81. The fraction of sp³-hybridized carbons (Fsp3) is 0.435. The molecule has 0 bridgehead atoms. The molecule has 0 aromatic heterocycles. The van der Waals surface area contributed by atoms with E-state index in [4.69, 9.17) is 9.47 Å². The summed E-state index contributed by atoms with van der Waals surface area (Å²) in [5.41, 5.74) is 2.35. The fourth-order valence-electron chi connectivity index (χ4n) is 2.72. The molecule has 2 rings (SSSR count). The molecule has 2 aromatic rings. The highest BCUT2D eigenvalue weighted by Crippen LogP contribution is 2.25. The second-order valence-corrected chi connectivity index (χ2v) is 7.77. The molecule has 0 saturated heterocycles. The van der Waals surface area contributed by atoms with E-state index < -0.39 is 6.10 Å². The van der Waals surface area contributed by atoms with Crippen LogP contribution in [-0.4, -0.2) is 18.6 Å². The van der Waals surface area contributed by atoms with Gasteiger partial charge in [0.2, 0.25) is 0 Å². The fourth-order valence-corrected chi connectivity index (χ4v) is 2.72. The van der Waals surface area contributed by atoms with E-state index in [9.17, 15) is 4.79 Å². The van der Waals surface area contributed by atoms with Gasteiger partial charge in [0.15, 0.2) is 6.10 Å². The van der Waals surface area contributed by atoms with Crippen molar-refractivity contribution in [3.63, 3.8) is 0 Å². The maximum Gasteiger partial charge on any atom is 0.261 e. The molecule has 0 aliphatic carbocycles. The minimum Gasteiger partial charge on any atom is -0.494 e. The molecule has 2 atom stereocenters. The van der Waals surface area contributed by atoms with Gasteiger partial charge in [-0.15, -0.1) is 0 Å². The largest absolute Gasteiger partial charge is 0.494 e. The molecule has 4 heteroatoms. The van der Waals surface area contributed by atoms with Crippen LogP contribution in [0.15, 0.2) is 48.5 Å². The Bertz CT molecular complexity index is 730. The summed E-state index contributed by atoms with van der Waals surface area (Å²) in [6.07, 6.45) is -0.573. The van der Waals surface area contributed by atoms with Crippen LogP contribution >= 0.6 is 0 Å². The van der Waals surface area contributed by atoms with E-state index >= 15 is 0 Å². The van der Waals surface area contributed by atoms with Crippen molar-refractivity contribution in [1.29, 1.82) is 0 Å². The minimum atomic E-state index is -0.573. The summed E-state index contributed by atoms with van der Waals surface area (Å²) in [5, 5.41) is 3.00. The van der Waals surface area contributed by atoms with Crippen LogP contribution in [0.1, 0.15) is 58.7 Å². The maximum atomic E-state index is 12.5. The highest BCUT2D eigenvalue weighted by Gasteiger charge is 2.19. The molecule has 2 aromatic carbocycles. The molecule has 0 fully saturated rings. The summed E-state index contributed by atoms with van der Waals surface area (Å²) in [4.78, 5) is 12.5. The topological polar surface area (TPSA) is 47.6 Å². The normalized spacial score (nSPS) is 13.6. The van der Waals surface area contributed by atoms with Gasteiger partial charge in [0.05, 0.1) is 12.6 Å². The average molecular weight is 370 g/mol. The van der Waals surface area contributed by atoms with Crippen molar-refractivity contribution in [1.82, 2.24) is 5.32 Å². The number of hydrogen-bond donors (Lipinski definition) is 1. The third-order valence-corrected chi connectivity index (χ3v) is 4.45. The number of hydrogen-bond acceptors (Lipinski definition) is 3. The molecule has 146 valence electrons. The van der Waals surface area contributed by atoms with Crippen LogP contribution in [0.4, 0.5) is 0 Å². The zero-order chi connectivity index (χ0) is 20.0. The lowest BCUT2D eigenvalue weighted by Crippen LogP contribution is -2.37. The first kappa shape index (κ1) is 20.8. The van der Waals surface area contributed by atoms with Crippen molar-refractivity contribution in [2.75, 3.05) is 6.61 Å². The van der Waals surface area contributed by atoms with E-state index in [1.807, 2.05) is 62.4 Å². The Morgan fingerprint density at radius 3 is 2.04 bits per heavy atom. The second-order valence-electron chi connectivity index (χ2n) is 7.77. The molecule has 4 nitrogen and oxygen atoms in total. The Labute approximate surface area is 162 Å². The van der Waals surface area contributed by atoms with Gasteiger partial charge in [-0.05, 0) is 61.6 Å². The first-order valence-corrected chi connectivity index (χ1v) is 9.51. The SMILES string of the molecule is CCOc1ccc([C@H](C)NC(=O)[C@@H](C)Oc2ccc(C(C)(C)C)cc2)cc1. The van der Waals surface area contributed by atoms with Crippen molar-refractivity contribution < 1.29 is 14.3 Å². The quantitative estimate of drug-likeness (QED) is 0.745. The number of nitrogens with one attached hydrogen (secondary N) is 1. The van der Waals surface area contributed by atoms with Gasteiger partial charge in [0.25, 0.3) is 5.91 Å². The molecule has 0 aliphatic rings. The van der Waals surface area contributed by atoms with Gasteiger partial charge < -0.3 is 14.8 Å². The summed E-state index contributed by atoms with van der Waals surface area (Å²) < 4.78 is 11.2. The number of carbonyl (C=O) groups excluding carboxylic acids is 1. The molecule has 0 radical (unpaired) electrons. The summed E-state index contributed by atoms with van der Waals surface area (Å²) >= 11 is 0. The monoisotopic (exact) mass is 369 g/mol. The van der Waals surface area contributed by atoms with Gasteiger partial charge in [-0.1, -0.05) is 45.0 Å². The Morgan fingerprint density at radius 2 is 1.52 bits per heavy atom. The van der Waals surface area contributed by atoms with Crippen LogP contribution in [0.3, 0.4) is 0 Å². The van der Waals surface area contributed by atoms with E-state index in [0.717, 1.165) is 11.3 Å². The van der Waals surface area contributed by atoms with Crippen molar-refractivity contribution in [3.05, 3.63) is 59.7 Å². The van der Waals surface area contributed by atoms with Gasteiger partial charge in [-0.25, -0.2) is 0 Å². The first-order chi connectivity index (χ1) is 12.7. The van der Waals surface area contributed by atoms with E-state index in [2.05, 4.69) is 26.1 Å². The zero-order valence-corrected chi connectivity index (χ0v) is 17.2. The average Bonchev–Trinajstić information content (AvgIpc) is 2.62. The van der Waals surface area contributed by atoms with Crippen molar-refractivity contribution in [2.24, 2.45) is 0 Å². The van der Waals surface area contributed by atoms with Crippen molar-refractivity contribution >= 4 is 5.91 Å². The molecule has 1 N–H and O–H groups in total. The van der Waals surface area contributed by atoms with Gasteiger partial charge >= 0.3 is 0 Å². The molecule has 0 heterocycles. The van der Waals surface area contributed by atoms with Gasteiger partial charge in [0, 0.05) is 0 Å². The number of ether oxygens (including phenoxy) is 2. The third-order valence-electron chi connectivity index (χ3n) is 4.45. The smallest absolute Gasteiger partial charge is 0.261 e. The van der Waals surface area contributed by atoms with Crippen LogP contribution in [-0.2, 0) is 10.2 Å². The van der Waals surface area contributed by atoms with E-state index in [-0.39, 0.29) is 17.4 Å². The number of rotatable bonds is 7. The lowest BCUT2D eigenvalue weighted by Gasteiger charge is -2.21. The molecule has 0 unspecified atom stereocenters. The standard InChI is InChI=1S/C23H31NO3/c1-7-26-20-12-8-18(9-13-20)16(2)24-22(25)17(3)27-21-14-10-19(11-15-21)23(4,5)6/h8-17H,7H2,1-6H3,(H,24,25)/t16-,17+/m0/s1. The van der Waals surface area contributed by atoms with Crippen molar-refractivity contribution in [3.8, 4) is 11.5 Å². The Kier molecular flexibility index (Phi) is 6.89. The van der Waals surface area contributed by atoms with E-state index in [1.54, 1.807) is 6.92 Å². The molecule has 0 spiro atoms. The lowest BCUT2D eigenvalue weighted by molar-refractivity contribution is -0.127. The highest BCUT2D eigenvalue weighted by atomic mass is 16.5. The third kappa shape index (κ3) is 6.02. The van der Waals surface area contributed by atoms with Gasteiger partial charge in [-0.3, -0.25) is 4.79 Å². The van der Waals surface area contributed by atoms with Crippen LogP contribution < -0.4 is 14.8 Å². The number of amides is 1. The number of benzene rings is 2. The zero-order valence-electron chi connectivity index (χ0n) is 17.2. The Hall–Kier alpha value is -2.49. The summed E-state index contributed by atoms with van der Waals surface area (Å²) in [5.74, 6) is 1.38. The first-order valence-electron chi connectivity index (χ1n) is 9.51. The molecule has 0 saturated carbocycles. The molecule has 1 amide bonds. The molecule has 27 heavy (non-hydrogen) atoms. The lowest BCUT2D eigenvalue weighted by atomic mass is 9.87. The number of carbonyl (C=O) groups is 1. The molecular formula is C23H31NO3. The van der Waals surface area contributed by atoms with Crippen molar-refractivity contribution in [2.45, 2.75) is 59.1 Å². The van der Waals surface area contributed by atoms with Crippen LogP contribution in [0.25, 0.3) is 0 Å². The maximum absolute atomic E-state index is 12.5. The molecule has 0 aliphatic heterocycles. The summed E-state index contributed by atoms with van der Waals surface area (Å²) in [7, 11) is 0. The van der Waals surface area contributed by atoms with Gasteiger partial charge in [0.1, 0.15) is 11.5 Å². The minimum absolute atomic E-state index is 0.0919. The molecular weight excluding hydrogens is 338 g/mol. The summed E-state index contributed by atoms with van der Waals surface area (Å²) in [6, 6.07) is 15.6. The Morgan fingerprint density at radius 1 is 0.963 bits per heavy atom. The summed E-state index contributed by atoms with van der Waals surface area (Å²) in [6.45, 7) is 12.8. The predicted molar refractivity (Wildman–Crippen MR) is 109 cm³/mol. The van der Waals surface area contributed by atoms with Crippen LogP contribution in [0.5, 0.6) is 11.5 Å². The van der Waals surface area contributed by atoms with Crippen LogP contribution in [0, 0.1) is 0 Å². The predicted octanol–water partition coefficient (Wildman–Crippen LogP) is 5.03. The van der Waals surface area contributed by atoms with E-state index in [0.29, 0.717) is 12.4 Å². The van der Waals surface area contributed by atoms with Crippen LogP contribution in [0.2, 0.25) is 0 Å².